The van der Waals surface area contributed by atoms with Crippen molar-refractivity contribution in [3.8, 4) is 0 Å². The van der Waals surface area contributed by atoms with Crippen LogP contribution in [0.25, 0.3) is 0 Å². The van der Waals surface area contributed by atoms with Crippen molar-refractivity contribution in [2.75, 3.05) is 31.6 Å². The first-order valence-corrected chi connectivity index (χ1v) is 7.99. The number of rotatable bonds is 6. The zero-order chi connectivity index (χ0) is 17.3. The summed E-state index contributed by atoms with van der Waals surface area (Å²) in [5.41, 5.74) is 1.51. The molecule has 1 heterocycles. The Kier molecular flexibility index (Phi) is 4.48. The van der Waals surface area contributed by atoms with E-state index in [-0.39, 0.29) is 30.6 Å². The topological polar surface area (TPSA) is 95.8 Å². The standard InChI is InChI=1S/C16H20N4O4/c1-18(9-15(21)17-12-3-4-12)10-16(22)19-7-6-11-2-5-13(20(23)24)8-14(11)19/h2,5,8,12H,3-4,6-7,9-10H2,1H3,(H,17,21). The largest absolute Gasteiger partial charge is 0.352 e. The van der Waals surface area contributed by atoms with Gasteiger partial charge in [-0.1, -0.05) is 6.07 Å². The van der Waals surface area contributed by atoms with E-state index in [9.17, 15) is 19.7 Å². The Morgan fingerprint density at radius 2 is 2.12 bits per heavy atom. The highest BCUT2D eigenvalue weighted by Crippen LogP contribution is 2.31. The highest BCUT2D eigenvalue weighted by molar-refractivity contribution is 5.97. The van der Waals surface area contributed by atoms with Crippen molar-refractivity contribution in [1.82, 2.24) is 10.2 Å². The van der Waals surface area contributed by atoms with Crippen molar-refractivity contribution >= 4 is 23.2 Å². The molecular formula is C16H20N4O4. The third kappa shape index (κ3) is 3.70. The van der Waals surface area contributed by atoms with Gasteiger partial charge in [0, 0.05) is 24.7 Å². The van der Waals surface area contributed by atoms with Crippen LogP contribution < -0.4 is 10.2 Å². The summed E-state index contributed by atoms with van der Waals surface area (Å²) in [6.45, 7) is 0.773. The quantitative estimate of drug-likeness (QED) is 0.611. The highest BCUT2D eigenvalue weighted by atomic mass is 16.6. The van der Waals surface area contributed by atoms with Gasteiger partial charge in [-0.2, -0.15) is 0 Å². The lowest BCUT2D eigenvalue weighted by Gasteiger charge is -2.21. The van der Waals surface area contributed by atoms with Gasteiger partial charge in [0.05, 0.1) is 23.7 Å². The van der Waals surface area contributed by atoms with E-state index >= 15 is 0 Å². The molecule has 2 amide bonds. The fourth-order valence-electron chi connectivity index (χ4n) is 2.86. The Bertz CT molecular complexity index is 687. The number of anilines is 1. The monoisotopic (exact) mass is 332 g/mol. The second-order valence-corrected chi connectivity index (χ2v) is 6.38. The summed E-state index contributed by atoms with van der Waals surface area (Å²) in [4.78, 5) is 38.0. The molecule has 128 valence electrons. The van der Waals surface area contributed by atoms with Crippen LogP contribution in [0.5, 0.6) is 0 Å². The zero-order valence-electron chi connectivity index (χ0n) is 13.5. The summed E-state index contributed by atoms with van der Waals surface area (Å²) in [6.07, 6.45) is 2.74. The lowest BCUT2D eigenvalue weighted by atomic mass is 10.1. The lowest BCUT2D eigenvalue weighted by Crippen LogP contribution is -2.42. The first kappa shape index (κ1) is 16.4. The summed E-state index contributed by atoms with van der Waals surface area (Å²) in [7, 11) is 1.72. The van der Waals surface area contributed by atoms with E-state index in [2.05, 4.69) is 5.32 Å². The van der Waals surface area contributed by atoms with Crippen LogP contribution in [-0.2, 0) is 16.0 Å². The number of carbonyl (C=O) groups excluding carboxylic acids is 2. The third-order valence-electron chi connectivity index (χ3n) is 4.24. The van der Waals surface area contributed by atoms with Crippen LogP contribution in [0.4, 0.5) is 11.4 Å². The van der Waals surface area contributed by atoms with E-state index in [1.807, 2.05) is 0 Å². The molecule has 2 aliphatic rings. The molecule has 0 saturated heterocycles. The number of amides is 2. The predicted molar refractivity (Wildman–Crippen MR) is 87.8 cm³/mol. The van der Waals surface area contributed by atoms with Crippen LogP contribution in [0.15, 0.2) is 18.2 Å². The molecule has 0 radical (unpaired) electrons. The maximum atomic E-state index is 12.5. The molecule has 0 atom stereocenters. The van der Waals surface area contributed by atoms with E-state index < -0.39 is 4.92 Å². The zero-order valence-corrected chi connectivity index (χ0v) is 13.5. The van der Waals surface area contributed by atoms with Crippen LogP contribution in [0, 0.1) is 10.1 Å². The van der Waals surface area contributed by atoms with Crippen LogP contribution in [0.3, 0.4) is 0 Å². The van der Waals surface area contributed by atoms with Crippen LogP contribution in [-0.4, -0.2) is 54.4 Å². The van der Waals surface area contributed by atoms with Crippen molar-refractivity contribution in [2.45, 2.75) is 25.3 Å². The summed E-state index contributed by atoms with van der Waals surface area (Å²) < 4.78 is 0. The second kappa shape index (κ2) is 6.56. The van der Waals surface area contributed by atoms with Crippen molar-refractivity contribution in [3.63, 3.8) is 0 Å². The Balaban J connectivity index is 1.61. The predicted octanol–water partition coefficient (Wildman–Crippen LogP) is 0.694. The molecule has 0 bridgehead atoms. The third-order valence-corrected chi connectivity index (χ3v) is 4.24. The molecule has 1 aliphatic heterocycles. The number of hydrogen-bond acceptors (Lipinski definition) is 5. The average molecular weight is 332 g/mol. The summed E-state index contributed by atoms with van der Waals surface area (Å²) in [6, 6.07) is 4.90. The smallest absolute Gasteiger partial charge is 0.271 e. The number of nitrogens with zero attached hydrogens (tertiary/aromatic N) is 3. The van der Waals surface area contributed by atoms with Gasteiger partial charge >= 0.3 is 0 Å². The highest BCUT2D eigenvalue weighted by Gasteiger charge is 2.28. The second-order valence-electron chi connectivity index (χ2n) is 6.38. The molecule has 1 saturated carbocycles. The Labute approximate surface area is 139 Å². The Hall–Kier alpha value is -2.48. The molecule has 8 nitrogen and oxygen atoms in total. The molecule has 0 aromatic heterocycles. The first-order chi connectivity index (χ1) is 11.4. The van der Waals surface area contributed by atoms with Gasteiger partial charge < -0.3 is 10.2 Å². The van der Waals surface area contributed by atoms with Gasteiger partial charge in [0.25, 0.3) is 5.69 Å². The van der Waals surface area contributed by atoms with E-state index in [4.69, 9.17) is 0 Å². The number of nitro benzene ring substituents is 1. The lowest BCUT2D eigenvalue weighted by molar-refractivity contribution is -0.384. The van der Waals surface area contributed by atoms with Gasteiger partial charge in [0.2, 0.25) is 11.8 Å². The minimum atomic E-state index is -0.463. The maximum Gasteiger partial charge on any atom is 0.271 e. The van der Waals surface area contributed by atoms with Crippen LogP contribution >= 0.6 is 0 Å². The maximum absolute atomic E-state index is 12.5. The number of benzene rings is 1. The van der Waals surface area contributed by atoms with Gasteiger partial charge in [-0.15, -0.1) is 0 Å². The van der Waals surface area contributed by atoms with Crippen molar-refractivity contribution < 1.29 is 14.5 Å². The molecule has 3 rings (SSSR count). The summed E-state index contributed by atoms with van der Waals surface area (Å²) in [5.74, 6) is -0.235. The van der Waals surface area contributed by atoms with E-state index in [1.165, 1.54) is 12.1 Å². The molecule has 8 heteroatoms. The molecule has 1 aromatic carbocycles. The number of nitrogens with one attached hydrogen (secondary N) is 1. The Morgan fingerprint density at radius 1 is 1.38 bits per heavy atom. The van der Waals surface area contributed by atoms with Gasteiger partial charge in [0.1, 0.15) is 0 Å². The van der Waals surface area contributed by atoms with Crippen LogP contribution in [0.1, 0.15) is 18.4 Å². The summed E-state index contributed by atoms with van der Waals surface area (Å²) >= 11 is 0. The summed E-state index contributed by atoms with van der Waals surface area (Å²) in [5, 5.41) is 13.8. The normalized spacial score (nSPS) is 16.2. The van der Waals surface area contributed by atoms with Gasteiger partial charge in [-0.25, -0.2) is 0 Å². The minimum absolute atomic E-state index is 0.0226. The molecule has 1 N–H and O–H groups in total. The van der Waals surface area contributed by atoms with Gasteiger partial charge in [-0.05, 0) is 31.9 Å². The molecular weight excluding hydrogens is 312 g/mol. The van der Waals surface area contributed by atoms with Crippen molar-refractivity contribution in [3.05, 3.63) is 33.9 Å². The minimum Gasteiger partial charge on any atom is -0.352 e. The molecule has 0 spiro atoms. The van der Waals surface area contributed by atoms with Crippen molar-refractivity contribution in [2.24, 2.45) is 0 Å². The number of fused-ring (bicyclic) bond motifs is 1. The van der Waals surface area contributed by atoms with Crippen LogP contribution in [0.2, 0.25) is 0 Å². The Morgan fingerprint density at radius 3 is 2.79 bits per heavy atom. The van der Waals surface area contributed by atoms with Crippen molar-refractivity contribution in [1.29, 1.82) is 0 Å². The number of nitro groups is 1. The number of non-ortho nitro benzene ring substituents is 1. The van der Waals surface area contributed by atoms with Gasteiger partial charge in [-0.3, -0.25) is 24.6 Å². The number of carbonyl (C=O) groups is 2. The van der Waals surface area contributed by atoms with E-state index in [1.54, 1.807) is 22.9 Å². The number of hydrogen-bond donors (Lipinski definition) is 1. The first-order valence-electron chi connectivity index (χ1n) is 7.99. The SMILES string of the molecule is CN(CC(=O)NC1CC1)CC(=O)N1CCc2ccc([N+](=O)[O-])cc21. The molecule has 1 aliphatic carbocycles. The molecule has 1 aromatic rings. The molecule has 0 unspecified atom stereocenters. The number of likely N-dealkylation sites (N-methyl/N-ethyl adjacent to an activating group) is 1. The average Bonchev–Trinajstić information content (AvgIpc) is 3.21. The molecule has 1 fully saturated rings. The fraction of sp³-hybridized carbons (Fsp3) is 0.500. The van der Waals surface area contributed by atoms with E-state index in [0.717, 1.165) is 18.4 Å². The van der Waals surface area contributed by atoms with E-state index in [0.29, 0.717) is 24.7 Å². The van der Waals surface area contributed by atoms with Gasteiger partial charge in [0.15, 0.2) is 0 Å². The molecule has 24 heavy (non-hydrogen) atoms. The fourth-order valence-corrected chi connectivity index (χ4v) is 2.86.